The van der Waals surface area contributed by atoms with E-state index in [-0.39, 0.29) is 11.3 Å². The van der Waals surface area contributed by atoms with Crippen LogP contribution in [0.4, 0.5) is 15.8 Å². The van der Waals surface area contributed by atoms with E-state index in [1.54, 1.807) is 24.3 Å². The maximum absolute atomic E-state index is 13.4. The van der Waals surface area contributed by atoms with Crippen molar-refractivity contribution in [2.75, 3.05) is 10.2 Å². The lowest BCUT2D eigenvalue weighted by molar-refractivity contribution is -0.120. The van der Waals surface area contributed by atoms with Crippen molar-refractivity contribution in [2.45, 2.75) is 13.8 Å². The Kier molecular flexibility index (Phi) is 5.14. The first kappa shape index (κ1) is 19.9. The van der Waals surface area contributed by atoms with Crippen LogP contribution in [0, 0.1) is 19.7 Å². The SMILES string of the molecule is Cc1ccc(N2C(=O)C(Nc3ccc(C)c(Cl)c3)=C(c3ccc(F)cc3)C2=O)cc1. The zero-order valence-corrected chi connectivity index (χ0v) is 17.1. The Labute approximate surface area is 178 Å². The van der Waals surface area contributed by atoms with Crippen molar-refractivity contribution < 1.29 is 14.0 Å². The van der Waals surface area contributed by atoms with Crippen molar-refractivity contribution >= 4 is 40.4 Å². The van der Waals surface area contributed by atoms with Crippen LogP contribution in [-0.4, -0.2) is 11.8 Å². The molecule has 0 atom stereocenters. The second-order valence-electron chi connectivity index (χ2n) is 7.13. The van der Waals surface area contributed by atoms with Gasteiger partial charge in [0.05, 0.1) is 11.3 Å². The standard InChI is InChI=1S/C24H18ClFN2O2/c1-14-3-11-19(12-4-14)28-23(29)21(16-6-8-17(26)9-7-16)22(24(28)30)27-18-10-5-15(2)20(25)13-18/h3-13,27H,1-2H3. The maximum atomic E-state index is 13.4. The van der Waals surface area contributed by atoms with Gasteiger partial charge in [0.15, 0.2) is 0 Å². The fourth-order valence-electron chi connectivity index (χ4n) is 3.27. The number of nitrogens with zero attached hydrogens (tertiary/aromatic N) is 1. The number of hydrogen-bond acceptors (Lipinski definition) is 3. The van der Waals surface area contributed by atoms with Crippen molar-refractivity contribution in [3.05, 3.63) is 100.0 Å². The number of carbonyl (C=O) groups excluding carboxylic acids is 2. The van der Waals surface area contributed by atoms with Gasteiger partial charge in [-0.3, -0.25) is 9.59 Å². The van der Waals surface area contributed by atoms with Gasteiger partial charge < -0.3 is 5.32 Å². The van der Waals surface area contributed by atoms with E-state index in [0.29, 0.717) is 22.0 Å². The van der Waals surface area contributed by atoms with Crippen LogP contribution in [0.25, 0.3) is 5.57 Å². The Morgan fingerprint density at radius 3 is 2.17 bits per heavy atom. The smallest absolute Gasteiger partial charge is 0.282 e. The van der Waals surface area contributed by atoms with E-state index in [0.717, 1.165) is 16.0 Å². The number of rotatable bonds is 4. The van der Waals surface area contributed by atoms with Gasteiger partial charge in [-0.1, -0.05) is 47.5 Å². The van der Waals surface area contributed by atoms with Gasteiger partial charge in [-0.2, -0.15) is 0 Å². The molecule has 2 amide bonds. The number of halogens is 2. The Hall–Kier alpha value is -3.44. The van der Waals surface area contributed by atoms with Gasteiger partial charge in [0.1, 0.15) is 11.5 Å². The molecule has 0 saturated carbocycles. The largest absolute Gasteiger partial charge is 0.350 e. The van der Waals surface area contributed by atoms with Gasteiger partial charge in [-0.05, 0) is 61.4 Å². The lowest BCUT2D eigenvalue weighted by atomic mass is 10.0. The molecule has 4 rings (SSSR count). The molecule has 1 N–H and O–H groups in total. The second kappa shape index (κ2) is 7.76. The summed E-state index contributed by atoms with van der Waals surface area (Å²) in [4.78, 5) is 27.7. The van der Waals surface area contributed by atoms with Crippen LogP contribution in [0.3, 0.4) is 0 Å². The number of hydrogen-bond donors (Lipinski definition) is 1. The predicted octanol–water partition coefficient (Wildman–Crippen LogP) is 5.49. The highest BCUT2D eigenvalue weighted by atomic mass is 35.5. The third-order valence-corrected chi connectivity index (χ3v) is 5.36. The highest BCUT2D eigenvalue weighted by Crippen LogP contribution is 2.34. The summed E-state index contributed by atoms with van der Waals surface area (Å²) in [7, 11) is 0. The van der Waals surface area contributed by atoms with E-state index in [1.165, 1.54) is 24.3 Å². The van der Waals surface area contributed by atoms with E-state index >= 15 is 0 Å². The number of imide groups is 1. The van der Waals surface area contributed by atoms with Crippen molar-refractivity contribution in [1.82, 2.24) is 0 Å². The molecule has 1 aliphatic heterocycles. The van der Waals surface area contributed by atoms with Crippen molar-refractivity contribution in [2.24, 2.45) is 0 Å². The predicted molar refractivity (Wildman–Crippen MR) is 117 cm³/mol. The molecule has 30 heavy (non-hydrogen) atoms. The Morgan fingerprint density at radius 1 is 0.867 bits per heavy atom. The van der Waals surface area contributed by atoms with Gasteiger partial charge >= 0.3 is 0 Å². The van der Waals surface area contributed by atoms with Crippen LogP contribution in [0.1, 0.15) is 16.7 Å². The summed E-state index contributed by atoms with van der Waals surface area (Å²) >= 11 is 6.21. The van der Waals surface area contributed by atoms with Gasteiger partial charge in [0, 0.05) is 10.7 Å². The van der Waals surface area contributed by atoms with Crippen LogP contribution in [0.2, 0.25) is 5.02 Å². The van der Waals surface area contributed by atoms with Crippen LogP contribution >= 0.6 is 11.6 Å². The summed E-state index contributed by atoms with van der Waals surface area (Å²) < 4.78 is 13.4. The first-order valence-corrected chi connectivity index (χ1v) is 9.72. The minimum Gasteiger partial charge on any atom is -0.350 e. The third kappa shape index (κ3) is 3.60. The molecule has 1 aliphatic rings. The molecule has 1 heterocycles. The quantitative estimate of drug-likeness (QED) is 0.567. The van der Waals surface area contributed by atoms with Gasteiger partial charge in [0.25, 0.3) is 11.8 Å². The molecule has 3 aromatic carbocycles. The van der Waals surface area contributed by atoms with Gasteiger partial charge in [0.2, 0.25) is 0 Å². The molecule has 3 aromatic rings. The second-order valence-corrected chi connectivity index (χ2v) is 7.53. The summed E-state index contributed by atoms with van der Waals surface area (Å²) in [6.45, 7) is 3.80. The molecule has 150 valence electrons. The molecular weight excluding hydrogens is 403 g/mol. The molecule has 0 radical (unpaired) electrons. The molecule has 0 fully saturated rings. The molecule has 0 saturated heterocycles. The van der Waals surface area contributed by atoms with Gasteiger partial charge in [-0.25, -0.2) is 9.29 Å². The topological polar surface area (TPSA) is 49.4 Å². The highest BCUT2D eigenvalue weighted by Gasteiger charge is 2.40. The lowest BCUT2D eigenvalue weighted by Gasteiger charge is -2.15. The van der Waals surface area contributed by atoms with E-state index in [4.69, 9.17) is 11.6 Å². The summed E-state index contributed by atoms with van der Waals surface area (Å²) in [6, 6.07) is 17.9. The summed E-state index contributed by atoms with van der Waals surface area (Å²) in [5.41, 5.74) is 3.69. The Morgan fingerprint density at radius 2 is 1.53 bits per heavy atom. The fourth-order valence-corrected chi connectivity index (χ4v) is 3.45. The van der Waals surface area contributed by atoms with E-state index in [2.05, 4.69) is 5.32 Å². The monoisotopic (exact) mass is 420 g/mol. The Bertz CT molecular complexity index is 1180. The molecular formula is C24H18ClFN2O2. The molecule has 0 unspecified atom stereocenters. The summed E-state index contributed by atoms with van der Waals surface area (Å²) in [6.07, 6.45) is 0. The fraction of sp³-hybridized carbons (Fsp3) is 0.0833. The van der Waals surface area contributed by atoms with Crippen molar-refractivity contribution in [1.29, 1.82) is 0 Å². The number of carbonyl (C=O) groups is 2. The number of benzene rings is 3. The van der Waals surface area contributed by atoms with Gasteiger partial charge in [-0.15, -0.1) is 0 Å². The minimum atomic E-state index is -0.486. The third-order valence-electron chi connectivity index (χ3n) is 4.95. The van der Waals surface area contributed by atoms with E-state index in [9.17, 15) is 14.0 Å². The average Bonchev–Trinajstić information content (AvgIpc) is 2.96. The van der Waals surface area contributed by atoms with E-state index < -0.39 is 17.6 Å². The first-order valence-electron chi connectivity index (χ1n) is 9.34. The van der Waals surface area contributed by atoms with Crippen LogP contribution in [-0.2, 0) is 9.59 Å². The molecule has 0 aromatic heterocycles. The molecule has 0 bridgehead atoms. The highest BCUT2D eigenvalue weighted by molar-refractivity contribution is 6.46. The lowest BCUT2D eigenvalue weighted by Crippen LogP contribution is -2.32. The molecule has 4 nitrogen and oxygen atoms in total. The number of nitrogens with one attached hydrogen (secondary N) is 1. The zero-order chi connectivity index (χ0) is 21.4. The zero-order valence-electron chi connectivity index (χ0n) is 16.4. The number of anilines is 2. The van der Waals surface area contributed by atoms with Crippen LogP contribution in [0.5, 0.6) is 0 Å². The van der Waals surface area contributed by atoms with Crippen LogP contribution < -0.4 is 10.2 Å². The summed E-state index contributed by atoms with van der Waals surface area (Å²) in [5, 5.41) is 3.59. The van der Waals surface area contributed by atoms with Crippen LogP contribution in [0.15, 0.2) is 72.4 Å². The normalized spacial score (nSPS) is 13.9. The molecule has 0 aliphatic carbocycles. The van der Waals surface area contributed by atoms with Crippen molar-refractivity contribution in [3.63, 3.8) is 0 Å². The molecule has 6 heteroatoms. The minimum absolute atomic E-state index is 0.118. The Balaban J connectivity index is 1.82. The number of amides is 2. The first-order chi connectivity index (χ1) is 14.3. The average molecular weight is 421 g/mol. The maximum Gasteiger partial charge on any atom is 0.282 e. The molecule has 0 spiro atoms. The number of aryl methyl sites for hydroxylation is 2. The van der Waals surface area contributed by atoms with Crippen molar-refractivity contribution in [3.8, 4) is 0 Å². The van der Waals surface area contributed by atoms with E-state index in [1.807, 2.05) is 32.0 Å². The summed E-state index contributed by atoms with van der Waals surface area (Å²) in [5.74, 6) is -1.39.